The highest BCUT2D eigenvalue weighted by Gasteiger charge is 2.28. The van der Waals surface area contributed by atoms with Gasteiger partial charge in [0.1, 0.15) is 11.4 Å². The van der Waals surface area contributed by atoms with Crippen molar-refractivity contribution in [3.8, 4) is 0 Å². The van der Waals surface area contributed by atoms with E-state index in [2.05, 4.69) is 19.9 Å². The Hall–Kier alpha value is -2.42. The number of nitrogens with zero attached hydrogens (tertiary/aromatic N) is 2. The third-order valence-electron chi connectivity index (χ3n) is 2.79. The largest absolute Gasteiger partial charge is 0.462 e. The fourth-order valence-corrected chi connectivity index (χ4v) is 2.99. The normalized spacial score (nSPS) is 11.2. The van der Waals surface area contributed by atoms with Gasteiger partial charge in [0.2, 0.25) is 0 Å². The van der Waals surface area contributed by atoms with E-state index < -0.39 is 16.0 Å². The van der Waals surface area contributed by atoms with Gasteiger partial charge in [0.15, 0.2) is 5.03 Å². The number of aromatic nitrogens is 3. The molecule has 0 aliphatic rings. The molecular formula is C13H16N4O4S. The lowest BCUT2D eigenvalue weighted by atomic mass is 10.3. The van der Waals surface area contributed by atoms with Crippen LogP contribution in [-0.2, 0) is 14.8 Å². The van der Waals surface area contributed by atoms with E-state index in [1.807, 2.05) is 0 Å². The van der Waals surface area contributed by atoms with E-state index in [-0.39, 0.29) is 28.7 Å². The summed E-state index contributed by atoms with van der Waals surface area (Å²) >= 11 is 0. The molecule has 0 unspecified atom stereocenters. The van der Waals surface area contributed by atoms with Gasteiger partial charge in [0, 0.05) is 5.69 Å². The van der Waals surface area contributed by atoms with Gasteiger partial charge in [-0.3, -0.25) is 9.82 Å². The van der Waals surface area contributed by atoms with Gasteiger partial charge in [0.25, 0.3) is 10.0 Å². The summed E-state index contributed by atoms with van der Waals surface area (Å²) in [6, 6.07) is 4.92. The Morgan fingerprint density at radius 1 is 1.36 bits per heavy atom. The molecule has 0 aliphatic heterocycles. The first-order valence-corrected chi connectivity index (χ1v) is 8.02. The number of sulfonamides is 1. The van der Waals surface area contributed by atoms with Crippen LogP contribution in [0, 0.1) is 13.8 Å². The summed E-state index contributed by atoms with van der Waals surface area (Å²) in [5.41, 5.74) is 0.796. The van der Waals surface area contributed by atoms with E-state index in [0.717, 1.165) is 0 Å². The zero-order valence-electron chi connectivity index (χ0n) is 12.4. The predicted molar refractivity (Wildman–Crippen MR) is 79.1 cm³/mol. The van der Waals surface area contributed by atoms with Crippen molar-refractivity contribution in [3.63, 3.8) is 0 Å². The molecule has 0 spiro atoms. The van der Waals surface area contributed by atoms with Gasteiger partial charge in [-0.25, -0.2) is 9.78 Å². The van der Waals surface area contributed by atoms with Gasteiger partial charge in [0.05, 0.1) is 12.3 Å². The highest BCUT2D eigenvalue weighted by molar-refractivity contribution is 7.92. The monoisotopic (exact) mass is 324 g/mol. The van der Waals surface area contributed by atoms with Crippen molar-refractivity contribution in [2.45, 2.75) is 25.8 Å². The van der Waals surface area contributed by atoms with Crippen molar-refractivity contribution in [2.75, 3.05) is 11.3 Å². The second-order valence-corrected chi connectivity index (χ2v) is 6.12. The second-order valence-electron chi connectivity index (χ2n) is 4.50. The van der Waals surface area contributed by atoms with Crippen LogP contribution in [0.4, 0.5) is 5.82 Å². The Bertz CT molecular complexity index is 798. The lowest BCUT2D eigenvalue weighted by molar-refractivity contribution is 0.0521. The van der Waals surface area contributed by atoms with Crippen LogP contribution >= 0.6 is 0 Å². The minimum atomic E-state index is -4.03. The van der Waals surface area contributed by atoms with Crippen LogP contribution < -0.4 is 4.72 Å². The van der Waals surface area contributed by atoms with Crippen LogP contribution in [0.1, 0.15) is 28.7 Å². The summed E-state index contributed by atoms with van der Waals surface area (Å²) in [4.78, 5) is 16.0. The fourth-order valence-electron chi connectivity index (χ4n) is 1.84. The standard InChI is InChI=1S/C13H16N4O4S/c1-4-21-13(18)11-9(3)15-16-12(11)22(19,20)17-10-7-5-6-8(2)14-10/h5-7H,4H2,1-3H3,(H,14,17)(H,15,16). The van der Waals surface area contributed by atoms with E-state index in [9.17, 15) is 13.2 Å². The molecule has 0 saturated carbocycles. The maximum absolute atomic E-state index is 12.4. The maximum atomic E-state index is 12.4. The fraction of sp³-hybridized carbons (Fsp3) is 0.308. The molecule has 8 nitrogen and oxygen atoms in total. The number of ether oxygens (including phenoxy) is 1. The quantitative estimate of drug-likeness (QED) is 0.804. The molecule has 2 heterocycles. The van der Waals surface area contributed by atoms with Gasteiger partial charge >= 0.3 is 5.97 Å². The number of anilines is 1. The Morgan fingerprint density at radius 3 is 2.73 bits per heavy atom. The molecule has 0 saturated heterocycles. The van der Waals surface area contributed by atoms with Crippen molar-refractivity contribution in [3.05, 3.63) is 35.2 Å². The summed E-state index contributed by atoms with van der Waals surface area (Å²) in [5.74, 6) is -0.589. The summed E-state index contributed by atoms with van der Waals surface area (Å²) in [6.45, 7) is 5.03. The first-order chi connectivity index (χ1) is 10.3. The number of pyridine rings is 1. The number of esters is 1. The van der Waals surface area contributed by atoms with Gasteiger partial charge in [-0.15, -0.1) is 0 Å². The van der Waals surface area contributed by atoms with Crippen LogP contribution in [0.5, 0.6) is 0 Å². The average Bonchev–Trinajstić information content (AvgIpc) is 2.81. The molecule has 9 heteroatoms. The summed E-state index contributed by atoms with van der Waals surface area (Å²) in [7, 11) is -4.03. The van der Waals surface area contributed by atoms with Gasteiger partial charge in [-0.2, -0.15) is 13.5 Å². The molecule has 0 aromatic carbocycles. The average molecular weight is 324 g/mol. The molecule has 0 amide bonds. The molecule has 2 aromatic heterocycles. The molecule has 0 radical (unpaired) electrons. The molecule has 0 fully saturated rings. The van der Waals surface area contributed by atoms with Crippen LogP contribution in [0.15, 0.2) is 23.2 Å². The lowest BCUT2D eigenvalue weighted by Crippen LogP contribution is -2.18. The smallest absolute Gasteiger partial charge is 0.343 e. The van der Waals surface area contributed by atoms with E-state index >= 15 is 0 Å². The van der Waals surface area contributed by atoms with Crippen molar-refractivity contribution in [1.82, 2.24) is 15.2 Å². The Labute approximate surface area is 128 Å². The zero-order valence-corrected chi connectivity index (χ0v) is 13.2. The van der Waals surface area contributed by atoms with E-state index in [4.69, 9.17) is 4.74 Å². The van der Waals surface area contributed by atoms with Crippen molar-refractivity contribution in [1.29, 1.82) is 0 Å². The number of aryl methyl sites for hydroxylation is 2. The van der Waals surface area contributed by atoms with Crippen LogP contribution in [0.3, 0.4) is 0 Å². The second kappa shape index (κ2) is 6.14. The molecule has 0 atom stereocenters. The maximum Gasteiger partial charge on any atom is 0.343 e. The topological polar surface area (TPSA) is 114 Å². The Balaban J connectivity index is 2.40. The van der Waals surface area contributed by atoms with Crippen LogP contribution in [0.2, 0.25) is 0 Å². The number of aromatic amines is 1. The Morgan fingerprint density at radius 2 is 2.09 bits per heavy atom. The number of H-pyrrole nitrogens is 1. The number of rotatable bonds is 5. The summed E-state index contributed by atoms with van der Waals surface area (Å²) in [5, 5.41) is 5.80. The van der Waals surface area contributed by atoms with Crippen LogP contribution in [-0.4, -0.2) is 36.2 Å². The number of hydrogen-bond donors (Lipinski definition) is 2. The summed E-state index contributed by atoms with van der Waals surface area (Å²) < 4.78 is 32.0. The van der Waals surface area contributed by atoms with Crippen LogP contribution in [0.25, 0.3) is 0 Å². The third kappa shape index (κ3) is 3.25. The molecule has 0 bridgehead atoms. The number of hydrogen-bond acceptors (Lipinski definition) is 6. The molecule has 2 N–H and O–H groups in total. The number of carbonyl (C=O) groups excluding carboxylic acids is 1. The molecule has 0 aliphatic carbocycles. The van der Waals surface area contributed by atoms with Crippen molar-refractivity contribution < 1.29 is 17.9 Å². The number of nitrogens with one attached hydrogen (secondary N) is 2. The van der Waals surface area contributed by atoms with Gasteiger partial charge in [-0.1, -0.05) is 6.07 Å². The highest BCUT2D eigenvalue weighted by atomic mass is 32.2. The summed E-state index contributed by atoms with van der Waals surface area (Å²) in [6.07, 6.45) is 0. The molecular weight excluding hydrogens is 308 g/mol. The molecule has 22 heavy (non-hydrogen) atoms. The first-order valence-electron chi connectivity index (χ1n) is 6.53. The van der Waals surface area contributed by atoms with Crippen molar-refractivity contribution in [2.24, 2.45) is 0 Å². The minimum Gasteiger partial charge on any atom is -0.462 e. The van der Waals surface area contributed by atoms with E-state index in [1.165, 1.54) is 13.0 Å². The lowest BCUT2D eigenvalue weighted by Gasteiger charge is -2.08. The third-order valence-corrected chi connectivity index (χ3v) is 4.10. The minimum absolute atomic E-state index is 0.109. The SMILES string of the molecule is CCOC(=O)c1c(C)n[nH]c1S(=O)(=O)Nc1cccc(C)n1. The van der Waals surface area contributed by atoms with Crippen molar-refractivity contribution >= 4 is 21.8 Å². The zero-order chi connectivity index (χ0) is 16.3. The predicted octanol–water partition coefficient (Wildman–Crippen LogP) is 1.40. The first kappa shape index (κ1) is 16.0. The molecule has 2 rings (SSSR count). The highest BCUT2D eigenvalue weighted by Crippen LogP contribution is 2.20. The Kier molecular flexibility index (Phi) is 4.45. The molecule has 2 aromatic rings. The number of carbonyl (C=O) groups is 1. The van der Waals surface area contributed by atoms with Gasteiger partial charge in [-0.05, 0) is 32.9 Å². The molecule has 118 valence electrons. The van der Waals surface area contributed by atoms with E-state index in [1.54, 1.807) is 26.0 Å². The van der Waals surface area contributed by atoms with E-state index in [0.29, 0.717) is 5.69 Å². The van der Waals surface area contributed by atoms with Gasteiger partial charge < -0.3 is 4.74 Å².